The minimum absolute atomic E-state index is 0.0750. The van der Waals surface area contributed by atoms with Gasteiger partial charge in [-0.1, -0.05) is 65.9 Å². The van der Waals surface area contributed by atoms with Crippen LogP contribution in [-0.2, 0) is 6.42 Å². The number of ether oxygens (including phenoxy) is 2. The molecule has 1 aliphatic heterocycles. The number of rotatable bonds is 4. The maximum atomic E-state index is 13.8. The molecule has 0 saturated carbocycles. The highest BCUT2D eigenvalue weighted by molar-refractivity contribution is 7.07. The number of phenols is 1. The number of allylic oxidation sites excluding steroid dienone is 1. The van der Waals surface area contributed by atoms with Gasteiger partial charge in [0.2, 0.25) is 5.75 Å². The Kier molecular flexibility index (Phi) is 5.49. The van der Waals surface area contributed by atoms with E-state index in [4.69, 9.17) is 14.5 Å². The van der Waals surface area contributed by atoms with Crippen LogP contribution < -0.4 is 24.4 Å². The largest absolute Gasteiger partial charge is 0.502 e. The fourth-order valence-corrected chi connectivity index (χ4v) is 6.11. The van der Waals surface area contributed by atoms with Gasteiger partial charge in [-0.2, -0.15) is 0 Å². The quantitative estimate of drug-likeness (QED) is 0.463. The molecule has 1 atom stereocenters. The summed E-state index contributed by atoms with van der Waals surface area (Å²) in [5, 5.41) is 10.3. The molecule has 0 saturated heterocycles. The lowest BCUT2D eigenvalue weighted by Crippen LogP contribution is -2.38. The molecule has 36 heavy (non-hydrogen) atoms. The SMILES string of the molecule is COc1cc(/C=c2\sc3n(c2=O)C(c2ccccc2)C2=C(N=3)c3ccccc3CC2)cc(OC)c1O. The number of hydrogen-bond acceptors (Lipinski definition) is 6. The van der Waals surface area contributed by atoms with Gasteiger partial charge in [0.1, 0.15) is 0 Å². The molecule has 4 aromatic rings. The van der Waals surface area contributed by atoms with Crippen LogP contribution in [0.25, 0.3) is 11.8 Å². The zero-order valence-corrected chi connectivity index (χ0v) is 20.7. The van der Waals surface area contributed by atoms with Gasteiger partial charge in [-0.15, -0.1) is 0 Å². The van der Waals surface area contributed by atoms with Crippen molar-refractivity contribution in [3.05, 3.63) is 114 Å². The molecule has 0 fully saturated rings. The van der Waals surface area contributed by atoms with E-state index >= 15 is 0 Å². The van der Waals surface area contributed by atoms with Gasteiger partial charge in [-0.3, -0.25) is 9.36 Å². The highest BCUT2D eigenvalue weighted by Gasteiger charge is 2.32. The lowest BCUT2D eigenvalue weighted by atomic mass is 9.83. The molecule has 2 aliphatic rings. The molecule has 0 amide bonds. The Morgan fingerprint density at radius 3 is 2.42 bits per heavy atom. The summed E-state index contributed by atoms with van der Waals surface area (Å²) in [6.07, 6.45) is 3.57. The first-order valence-corrected chi connectivity index (χ1v) is 12.5. The summed E-state index contributed by atoms with van der Waals surface area (Å²) in [5.74, 6) is 0.485. The van der Waals surface area contributed by atoms with E-state index in [0.29, 0.717) is 14.9 Å². The van der Waals surface area contributed by atoms with Crippen LogP contribution >= 0.6 is 11.3 Å². The van der Waals surface area contributed by atoms with E-state index in [9.17, 15) is 9.90 Å². The van der Waals surface area contributed by atoms with Gasteiger partial charge in [0, 0.05) is 5.56 Å². The van der Waals surface area contributed by atoms with Crippen molar-refractivity contribution in [3.63, 3.8) is 0 Å². The first-order chi connectivity index (χ1) is 17.6. The van der Waals surface area contributed by atoms with Crippen LogP contribution in [0.5, 0.6) is 17.2 Å². The van der Waals surface area contributed by atoms with Crippen molar-refractivity contribution in [3.8, 4) is 17.2 Å². The number of fused-ring (bicyclic) bond motifs is 3. The Hall–Kier alpha value is -4.10. The fraction of sp³-hybridized carbons (Fsp3) is 0.172. The lowest BCUT2D eigenvalue weighted by Gasteiger charge is -2.30. The molecular weight excluding hydrogens is 472 g/mol. The van der Waals surface area contributed by atoms with Crippen molar-refractivity contribution >= 4 is 23.1 Å². The second-order valence-corrected chi connectivity index (χ2v) is 9.81. The molecule has 6 rings (SSSR count). The Morgan fingerprint density at radius 2 is 1.69 bits per heavy atom. The van der Waals surface area contributed by atoms with Gasteiger partial charge >= 0.3 is 0 Å². The lowest BCUT2D eigenvalue weighted by molar-refractivity contribution is 0.340. The first kappa shape index (κ1) is 22.4. The molecular formula is C29H24N2O4S. The highest BCUT2D eigenvalue weighted by Crippen LogP contribution is 2.41. The Morgan fingerprint density at radius 1 is 1.00 bits per heavy atom. The van der Waals surface area contributed by atoms with Gasteiger partial charge in [0.05, 0.1) is 30.5 Å². The molecule has 1 N–H and O–H groups in total. The second-order valence-electron chi connectivity index (χ2n) is 8.80. The number of thiazole rings is 1. The van der Waals surface area contributed by atoms with Crippen molar-refractivity contribution in [2.75, 3.05) is 14.2 Å². The normalized spacial score (nSPS) is 16.6. The Labute approximate surface area is 211 Å². The van der Waals surface area contributed by atoms with Crippen molar-refractivity contribution in [2.24, 2.45) is 4.99 Å². The van der Waals surface area contributed by atoms with E-state index in [-0.39, 0.29) is 28.8 Å². The average molecular weight is 497 g/mol. The van der Waals surface area contributed by atoms with Crippen molar-refractivity contribution in [1.29, 1.82) is 0 Å². The summed E-state index contributed by atoms with van der Waals surface area (Å²) in [6, 6.07) is 21.7. The van der Waals surface area contributed by atoms with Gasteiger partial charge < -0.3 is 14.6 Å². The minimum atomic E-state index is -0.211. The van der Waals surface area contributed by atoms with E-state index in [0.717, 1.165) is 29.7 Å². The second kappa shape index (κ2) is 8.84. The molecule has 2 heterocycles. The maximum absolute atomic E-state index is 13.8. The number of aryl methyl sites for hydroxylation is 1. The Balaban J connectivity index is 1.60. The summed E-state index contributed by atoms with van der Waals surface area (Å²) in [4.78, 5) is 19.6. The molecule has 0 radical (unpaired) electrons. The van der Waals surface area contributed by atoms with Crippen LogP contribution in [0.1, 0.15) is 34.7 Å². The number of benzene rings is 3. The monoisotopic (exact) mass is 496 g/mol. The Bertz CT molecular complexity index is 1670. The molecule has 0 spiro atoms. The number of nitrogens with zero attached hydrogens (tertiary/aromatic N) is 2. The summed E-state index contributed by atoms with van der Waals surface area (Å²) in [5.41, 5.74) is 6.25. The summed E-state index contributed by atoms with van der Waals surface area (Å²) >= 11 is 1.37. The maximum Gasteiger partial charge on any atom is 0.271 e. The zero-order valence-electron chi connectivity index (χ0n) is 19.9. The van der Waals surface area contributed by atoms with Crippen LogP contribution in [0.2, 0.25) is 0 Å². The molecule has 6 nitrogen and oxygen atoms in total. The molecule has 3 aromatic carbocycles. The van der Waals surface area contributed by atoms with Crippen LogP contribution in [-0.4, -0.2) is 23.9 Å². The van der Waals surface area contributed by atoms with Gasteiger partial charge in [0.25, 0.3) is 5.56 Å². The highest BCUT2D eigenvalue weighted by atomic mass is 32.1. The van der Waals surface area contributed by atoms with Crippen molar-refractivity contribution in [1.82, 2.24) is 4.57 Å². The van der Waals surface area contributed by atoms with Gasteiger partial charge in [-0.25, -0.2) is 4.99 Å². The number of aromatic hydroxyl groups is 1. The smallest absolute Gasteiger partial charge is 0.271 e. The summed E-state index contributed by atoms with van der Waals surface area (Å²) in [6.45, 7) is 0. The summed E-state index contributed by atoms with van der Waals surface area (Å²) in [7, 11) is 2.96. The minimum Gasteiger partial charge on any atom is -0.502 e. The first-order valence-electron chi connectivity index (χ1n) is 11.7. The number of hydrogen-bond donors (Lipinski definition) is 1. The third kappa shape index (κ3) is 3.55. The van der Waals surface area contributed by atoms with E-state index in [1.807, 2.05) is 28.8 Å². The third-order valence-corrected chi connectivity index (χ3v) is 7.77. The van der Waals surface area contributed by atoms with Crippen molar-refractivity contribution < 1.29 is 14.6 Å². The van der Waals surface area contributed by atoms with E-state index in [1.54, 1.807) is 18.2 Å². The predicted octanol–water partition coefficient (Wildman–Crippen LogP) is 4.04. The molecule has 1 unspecified atom stereocenters. The number of phenolic OH excluding ortho intramolecular Hbond substituents is 1. The molecule has 1 aliphatic carbocycles. The average Bonchev–Trinajstić information content (AvgIpc) is 3.22. The van der Waals surface area contributed by atoms with Crippen LogP contribution in [0.3, 0.4) is 0 Å². The molecule has 1 aromatic heterocycles. The molecule has 7 heteroatoms. The number of methoxy groups -OCH3 is 2. The number of aromatic nitrogens is 1. The van der Waals surface area contributed by atoms with Gasteiger partial charge in [-0.05, 0) is 53.3 Å². The molecule has 0 bridgehead atoms. The van der Waals surface area contributed by atoms with E-state index in [2.05, 4.69) is 30.3 Å². The fourth-order valence-electron chi connectivity index (χ4n) is 5.11. The summed E-state index contributed by atoms with van der Waals surface area (Å²) < 4.78 is 13.0. The zero-order chi connectivity index (χ0) is 24.8. The van der Waals surface area contributed by atoms with Crippen LogP contribution in [0.4, 0.5) is 0 Å². The van der Waals surface area contributed by atoms with Crippen LogP contribution in [0, 0.1) is 0 Å². The van der Waals surface area contributed by atoms with Crippen LogP contribution in [0.15, 0.2) is 82.1 Å². The third-order valence-electron chi connectivity index (χ3n) is 6.79. The van der Waals surface area contributed by atoms with E-state index < -0.39 is 0 Å². The van der Waals surface area contributed by atoms with Crippen molar-refractivity contribution in [2.45, 2.75) is 18.9 Å². The van der Waals surface area contributed by atoms with Gasteiger partial charge in [0.15, 0.2) is 16.3 Å². The van der Waals surface area contributed by atoms with E-state index in [1.165, 1.54) is 36.7 Å². The molecule has 180 valence electrons. The standard InChI is InChI=1S/C29H24N2O4S/c1-34-22-14-17(15-23(35-2)27(22)32)16-24-28(33)31-26(19-9-4-3-5-10-19)21-13-12-18-8-6-7-11-20(18)25(21)30-29(31)36-24/h3-11,14-16,26,32H,12-13H2,1-2H3/b24-16-. The predicted molar refractivity (Wildman–Crippen MR) is 140 cm³/mol. The topological polar surface area (TPSA) is 73.1 Å².